The SMILES string of the molecule is O=C1Cc2oc(=O)cc(CCCC3CCC3)c2C(=O)N1. The Morgan fingerprint density at radius 2 is 2.05 bits per heavy atom. The molecular weight excluding hydrogens is 258 g/mol. The number of carbonyl (C=O) groups excluding carboxylic acids is 2. The third-order valence-electron chi connectivity index (χ3n) is 4.20. The van der Waals surface area contributed by atoms with Gasteiger partial charge in [-0.2, -0.15) is 0 Å². The number of fused-ring (bicyclic) bond motifs is 1. The summed E-state index contributed by atoms with van der Waals surface area (Å²) in [6, 6.07) is 1.38. The van der Waals surface area contributed by atoms with Crippen LogP contribution in [0.3, 0.4) is 0 Å². The number of carbonyl (C=O) groups is 2. The molecule has 5 heteroatoms. The Kier molecular flexibility index (Phi) is 3.42. The van der Waals surface area contributed by atoms with Gasteiger partial charge >= 0.3 is 5.63 Å². The Bertz CT molecular complexity index is 613. The molecule has 1 N–H and O–H groups in total. The minimum atomic E-state index is -0.482. The van der Waals surface area contributed by atoms with E-state index in [9.17, 15) is 14.4 Å². The molecule has 20 heavy (non-hydrogen) atoms. The van der Waals surface area contributed by atoms with Crippen molar-refractivity contribution in [1.29, 1.82) is 0 Å². The summed E-state index contributed by atoms with van der Waals surface area (Å²) in [5.41, 5.74) is 0.614. The van der Waals surface area contributed by atoms with E-state index in [1.165, 1.54) is 25.3 Å². The van der Waals surface area contributed by atoms with E-state index >= 15 is 0 Å². The molecule has 106 valence electrons. The lowest BCUT2D eigenvalue weighted by Crippen LogP contribution is -2.38. The van der Waals surface area contributed by atoms with Crippen LogP contribution in [0.5, 0.6) is 0 Å². The third-order valence-corrected chi connectivity index (χ3v) is 4.20. The molecule has 5 nitrogen and oxygen atoms in total. The number of amides is 2. The smallest absolute Gasteiger partial charge is 0.336 e. The number of hydrogen-bond donors (Lipinski definition) is 1. The van der Waals surface area contributed by atoms with E-state index in [2.05, 4.69) is 5.32 Å². The van der Waals surface area contributed by atoms with Crippen LogP contribution in [0.1, 0.15) is 53.8 Å². The Morgan fingerprint density at radius 3 is 2.75 bits per heavy atom. The van der Waals surface area contributed by atoms with Crippen molar-refractivity contribution in [3.63, 3.8) is 0 Å². The van der Waals surface area contributed by atoms with Gasteiger partial charge in [-0.15, -0.1) is 0 Å². The van der Waals surface area contributed by atoms with E-state index in [0.29, 0.717) is 17.5 Å². The molecule has 0 bridgehead atoms. The fourth-order valence-electron chi connectivity index (χ4n) is 2.93. The Hall–Kier alpha value is -1.91. The van der Waals surface area contributed by atoms with E-state index in [-0.39, 0.29) is 12.2 Å². The summed E-state index contributed by atoms with van der Waals surface area (Å²) in [4.78, 5) is 34.7. The predicted molar refractivity (Wildman–Crippen MR) is 71.4 cm³/mol. The highest BCUT2D eigenvalue weighted by Gasteiger charge is 2.28. The molecular formula is C15H17NO4. The second-order valence-corrected chi connectivity index (χ2v) is 5.63. The van der Waals surface area contributed by atoms with E-state index in [4.69, 9.17) is 4.42 Å². The molecule has 1 aromatic rings. The van der Waals surface area contributed by atoms with Crippen molar-refractivity contribution in [3.8, 4) is 0 Å². The number of imide groups is 1. The van der Waals surface area contributed by atoms with Crippen molar-refractivity contribution in [2.75, 3.05) is 0 Å². The molecule has 2 heterocycles. The van der Waals surface area contributed by atoms with Gasteiger partial charge in [0.05, 0.1) is 12.0 Å². The van der Waals surface area contributed by atoms with Crippen molar-refractivity contribution < 1.29 is 14.0 Å². The molecule has 0 atom stereocenters. The van der Waals surface area contributed by atoms with Gasteiger partial charge in [-0.1, -0.05) is 25.7 Å². The second-order valence-electron chi connectivity index (χ2n) is 5.63. The predicted octanol–water partition coefficient (Wildman–Crippen LogP) is 1.58. The average molecular weight is 275 g/mol. The van der Waals surface area contributed by atoms with Crippen LogP contribution in [-0.4, -0.2) is 11.8 Å². The first-order valence-electron chi connectivity index (χ1n) is 7.13. The summed E-state index contributed by atoms with van der Waals surface area (Å²) in [6.45, 7) is 0. The van der Waals surface area contributed by atoms with Gasteiger partial charge in [0.2, 0.25) is 5.91 Å². The summed E-state index contributed by atoms with van der Waals surface area (Å²) in [5.74, 6) is 0.155. The minimum absolute atomic E-state index is 0.0349. The monoisotopic (exact) mass is 275 g/mol. The third kappa shape index (κ3) is 2.53. The average Bonchev–Trinajstić information content (AvgIpc) is 2.30. The van der Waals surface area contributed by atoms with Crippen LogP contribution >= 0.6 is 0 Å². The summed E-state index contributed by atoms with van der Waals surface area (Å²) in [5, 5.41) is 2.28. The van der Waals surface area contributed by atoms with Crippen molar-refractivity contribution in [3.05, 3.63) is 33.4 Å². The Morgan fingerprint density at radius 1 is 1.25 bits per heavy atom. The molecule has 1 saturated carbocycles. The van der Waals surface area contributed by atoms with Crippen LogP contribution in [0.2, 0.25) is 0 Å². The van der Waals surface area contributed by atoms with Gasteiger partial charge in [0.25, 0.3) is 5.91 Å². The molecule has 0 saturated heterocycles. The van der Waals surface area contributed by atoms with Gasteiger partial charge < -0.3 is 4.42 Å². The molecule has 1 aliphatic heterocycles. The Labute approximate surface area is 116 Å². The van der Waals surface area contributed by atoms with E-state index in [1.807, 2.05) is 0 Å². The van der Waals surface area contributed by atoms with Crippen LogP contribution in [0.25, 0.3) is 0 Å². The van der Waals surface area contributed by atoms with Gasteiger partial charge in [0.1, 0.15) is 5.76 Å². The first kappa shape index (κ1) is 13.1. The normalized spacial score (nSPS) is 18.4. The van der Waals surface area contributed by atoms with Gasteiger partial charge in [-0.25, -0.2) is 4.79 Å². The van der Waals surface area contributed by atoms with Crippen molar-refractivity contribution in [2.24, 2.45) is 5.92 Å². The van der Waals surface area contributed by atoms with Gasteiger partial charge in [-0.3, -0.25) is 14.9 Å². The molecule has 0 aromatic carbocycles. The second kappa shape index (κ2) is 5.23. The summed E-state index contributed by atoms with van der Waals surface area (Å²) in [6.07, 6.45) is 6.66. The molecule has 3 rings (SSSR count). The molecule has 1 fully saturated rings. The number of hydrogen-bond acceptors (Lipinski definition) is 4. The zero-order valence-electron chi connectivity index (χ0n) is 11.2. The number of aryl methyl sites for hydroxylation is 1. The van der Waals surface area contributed by atoms with Crippen molar-refractivity contribution in [2.45, 2.75) is 44.9 Å². The molecule has 2 amide bonds. The molecule has 0 unspecified atom stereocenters. The molecule has 2 aliphatic rings. The molecule has 1 aromatic heterocycles. The van der Waals surface area contributed by atoms with Crippen LogP contribution in [0, 0.1) is 5.92 Å². The van der Waals surface area contributed by atoms with Gasteiger partial charge in [0, 0.05) is 6.07 Å². The van der Waals surface area contributed by atoms with Gasteiger partial charge in [-0.05, 0) is 24.3 Å². The fraction of sp³-hybridized carbons (Fsp3) is 0.533. The summed E-state index contributed by atoms with van der Waals surface area (Å²) < 4.78 is 5.00. The highest BCUT2D eigenvalue weighted by Crippen LogP contribution is 2.31. The van der Waals surface area contributed by atoms with E-state index < -0.39 is 17.4 Å². The van der Waals surface area contributed by atoms with E-state index in [1.54, 1.807) is 0 Å². The number of nitrogens with one attached hydrogen (secondary N) is 1. The maximum absolute atomic E-state index is 11.9. The topological polar surface area (TPSA) is 76.4 Å². The zero-order chi connectivity index (χ0) is 14.1. The standard InChI is InChI=1S/C15H17NO4/c17-12-8-11-14(15(19)16-12)10(7-13(18)20-11)6-2-5-9-3-1-4-9/h7,9H,1-6,8H2,(H,16,17,19). The van der Waals surface area contributed by atoms with Gasteiger partial charge in [0.15, 0.2) is 0 Å². The van der Waals surface area contributed by atoms with Crippen LogP contribution in [0.4, 0.5) is 0 Å². The maximum Gasteiger partial charge on any atom is 0.336 e. The fourth-order valence-corrected chi connectivity index (χ4v) is 2.93. The molecule has 1 aliphatic carbocycles. The van der Waals surface area contributed by atoms with Crippen LogP contribution in [-0.2, 0) is 17.6 Å². The maximum atomic E-state index is 11.9. The highest BCUT2D eigenvalue weighted by atomic mass is 16.4. The van der Waals surface area contributed by atoms with Crippen molar-refractivity contribution in [1.82, 2.24) is 5.32 Å². The lowest BCUT2D eigenvalue weighted by atomic mass is 9.81. The summed E-state index contributed by atoms with van der Waals surface area (Å²) >= 11 is 0. The molecule has 0 spiro atoms. The Balaban J connectivity index is 1.80. The van der Waals surface area contributed by atoms with Crippen LogP contribution < -0.4 is 10.9 Å². The lowest BCUT2D eigenvalue weighted by Gasteiger charge is -2.25. The number of rotatable bonds is 4. The highest BCUT2D eigenvalue weighted by molar-refractivity contribution is 6.09. The first-order valence-corrected chi connectivity index (χ1v) is 7.13. The summed E-state index contributed by atoms with van der Waals surface area (Å²) in [7, 11) is 0. The van der Waals surface area contributed by atoms with E-state index in [0.717, 1.165) is 18.8 Å². The van der Waals surface area contributed by atoms with Crippen LogP contribution in [0.15, 0.2) is 15.3 Å². The quantitative estimate of drug-likeness (QED) is 0.846. The minimum Gasteiger partial charge on any atom is -0.426 e. The first-order chi connectivity index (χ1) is 9.63. The largest absolute Gasteiger partial charge is 0.426 e. The molecule has 0 radical (unpaired) electrons. The van der Waals surface area contributed by atoms with Crippen molar-refractivity contribution >= 4 is 11.8 Å². The zero-order valence-corrected chi connectivity index (χ0v) is 11.2. The lowest BCUT2D eigenvalue weighted by molar-refractivity contribution is -0.120.